The molecule has 2 aromatic rings. The number of amides is 2. The van der Waals surface area contributed by atoms with E-state index in [1.54, 1.807) is 13.0 Å². The zero-order valence-corrected chi connectivity index (χ0v) is 19.1. The lowest BCUT2D eigenvalue weighted by Gasteiger charge is -2.29. The summed E-state index contributed by atoms with van der Waals surface area (Å²) in [6.07, 6.45) is 0. The molecule has 1 N–H and O–H groups in total. The van der Waals surface area contributed by atoms with Gasteiger partial charge < -0.3 is 15.0 Å². The van der Waals surface area contributed by atoms with Gasteiger partial charge in [0.25, 0.3) is 5.91 Å². The highest BCUT2D eigenvalue weighted by Crippen LogP contribution is 2.21. The molecule has 0 spiro atoms. The summed E-state index contributed by atoms with van der Waals surface area (Å²) in [5.41, 5.74) is 2.87. The second-order valence-corrected chi connectivity index (χ2v) is 8.39. The van der Waals surface area contributed by atoms with Gasteiger partial charge in [0, 0.05) is 18.1 Å². The summed E-state index contributed by atoms with van der Waals surface area (Å²) in [5, 5.41) is 3.46. The van der Waals surface area contributed by atoms with Gasteiger partial charge in [0.1, 0.15) is 11.8 Å². The minimum atomic E-state index is -0.657. The number of rotatable bonds is 9. The molecule has 0 aliphatic heterocycles. The summed E-state index contributed by atoms with van der Waals surface area (Å²) in [7, 11) is 0. The Hall–Kier alpha value is -2.53. The molecule has 5 nitrogen and oxygen atoms in total. The summed E-state index contributed by atoms with van der Waals surface area (Å²) in [5.74, 6) is 0.503. The van der Waals surface area contributed by atoms with Crippen molar-refractivity contribution in [3.05, 3.63) is 64.2 Å². The minimum absolute atomic E-state index is 0.157. The van der Waals surface area contributed by atoms with Crippen LogP contribution in [0, 0.1) is 19.8 Å². The van der Waals surface area contributed by atoms with Crippen LogP contribution in [0.3, 0.4) is 0 Å². The van der Waals surface area contributed by atoms with Crippen molar-refractivity contribution in [1.29, 1.82) is 0 Å². The monoisotopic (exact) mass is 430 g/mol. The molecule has 0 heterocycles. The third-order valence-electron chi connectivity index (χ3n) is 4.83. The SMILES string of the molecule is Cc1ccc(OCC(=O)N(Cc2ccccc2Cl)[C@H](C)C(=O)NCC(C)C)c(C)c1. The Morgan fingerprint density at radius 3 is 2.43 bits per heavy atom. The third-order valence-corrected chi connectivity index (χ3v) is 5.20. The second-order valence-electron chi connectivity index (χ2n) is 7.99. The quantitative estimate of drug-likeness (QED) is 0.636. The van der Waals surface area contributed by atoms with Crippen LogP contribution >= 0.6 is 11.6 Å². The molecule has 6 heteroatoms. The molecule has 2 amide bonds. The maximum atomic E-state index is 13.1. The van der Waals surface area contributed by atoms with Gasteiger partial charge in [0.15, 0.2) is 6.61 Å². The lowest BCUT2D eigenvalue weighted by Crippen LogP contribution is -2.49. The Morgan fingerprint density at radius 1 is 1.10 bits per heavy atom. The summed E-state index contributed by atoms with van der Waals surface area (Å²) < 4.78 is 5.77. The van der Waals surface area contributed by atoms with Gasteiger partial charge in [-0.05, 0) is 49.9 Å². The predicted molar refractivity (Wildman–Crippen MR) is 121 cm³/mol. The number of nitrogens with one attached hydrogen (secondary N) is 1. The van der Waals surface area contributed by atoms with Gasteiger partial charge in [-0.2, -0.15) is 0 Å². The second kappa shape index (κ2) is 11.0. The first-order valence-corrected chi connectivity index (χ1v) is 10.6. The van der Waals surface area contributed by atoms with E-state index in [0.29, 0.717) is 23.2 Å². The Balaban J connectivity index is 2.17. The summed E-state index contributed by atoms with van der Waals surface area (Å²) in [6, 6.07) is 12.5. The normalized spacial score (nSPS) is 11.8. The first kappa shape index (κ1) is 23.7. The molecule has 0 radical (unpaired) electrons. The van der Waals surface area contributed by atoms with Crippen LogP contribution in [0.25, 0.3) is 0 Å². The fraction of sp³-hybridized carbons (Fsp3) is 0.417. The first-order chi connectivity index (χ1) is 14.2. The number of carbonyl (C=O) groups excluding carboxylic acids is 2. The van der Waals surface area contributed by atoms with E-state index in [-0.39, 0.29) is 25.0 Å². The number of hydrogen-bond donors (Lipinski definition) is 1. The Labute approximate surface area is 184 Å². The molecule has 0 fully saturated rings. The van der Waals surface area contributed by atoms with Gasteiger partial charge in [-0.1, -0.05) is 61.3 Å². The molecule has 0 unspecified atom stereocenters. The van der Waals surface area contributed by atoms with E-state index in [0.717, 1.165) is 16.7 Å². The van der Waals surface area contributed by atoms with Crippen molar-refractivity contribution < 1.29 is 14.3 Å². The van der Waals surface area contributed by atoms with Crippen LogP contribution in [-0.2, 0) is 16.1 Å². The van der Waals surface area contributed by atoms with Crippen LogP contribution in [0.15, 0.2) is 42.5 Å². The van der Waals surface area contributed by atoms with Crippen LogP contribution < -0.4 is 10.1 Å². The van der Waals surface area contributed by atoms with E-state index in [4.69, 9.17) is 16.3 Å². The van der Waals surface area contributed by atoms with Crippen LogP contribution in [0.2, 0.25) is 5.02 Å². The summed E-state index contributed by atoms with van der Waals surface area (Å²) in [4.78, 5) is 27.2. The van der Waals surface area contributed by atoms with Gasteiger partial charge in [0.2, 0.25) is 5.91 Å². The van der Waals surface area contributed by atoms with Crippen molar-refractivity contribution in [2.75, 3.05) is 13.2 Å². The fourth-order valence-electron chi connectivity index (χ4n) is 3.03. The van der Waals surface area contributed by atoms with Crippen LogP contribution in [0.4, 0.5) is 0 Å². The largest absolute Gasteiger partial charge is 0.483 e. The molecule has 0 aromatic heterocycles. The fourth-order valence-corrected chi connectivity index (χ4v) is 3.22. The smallest absolute Gasteiger partial charge is 0.261 e. The number of halogens is 1. The molecule has 0 saturated heterocycles. The molecule has 0 aliphatic carbocycles. The number of nitrogens with zero attached hydrogens (tertiary/aromatic N) is 1. The predicted octanol–water partition coefficient (Wildman–Crippen LogP) is 4.53. The number of carbonyl (C=O) groups is 2. The van der Waals surface area contributed by atoms with Gasteiger partial charge in [0.05, 0.1) is 0 Å². The van der Waals surface area contributed by atoms with E-state index in [2.05, 4.69) is 5.32 Å². The van der Waals surface area contributed by atoms with Crippen molar-refractivity contribution in [3.8, 4) is 5.75 Å². The Morgan fingerprint density at radius 2 is 1.80 bits per heavy atom. The molecular weight excluding hydrogens is 400 g/mol. The van der Waals surface area contributed by atoms with Crippen molar-refractivity contribution >= 4 is 23.4 Å². The molecule has 0 saturated carbocycles. The topological polar surface area (TPSA) is 58.6 Å². The molecule has 162 valence electrons. The lowest BCUT2D eigenvalue weighted by molar-refractivity contribution is -0.142. The average Bonchev–Trinajstić information content (AvgIpc) is 2.70. The zero-order chi connectivity index (χ0) is 22.3. The number of benzene rings is 2. The highest BCUT2D eigenvalue weighted by Gasteiger charge is 2.27. The zero-order valence-electron chi connectivity index (χ0n) is 18.4. The van der Waals surface area contributed by atoms with Gasteiger partial charge in [-0.3, -0.25) is 9.59 Å². The van der Waals surface area contributed by atoms with Crippen molar-refractivity contribution in [1.82, 2.24) is 10.2 Å². The molecule has 0 bridgehead atoms. The van der Waals surface area contributed by atoms with Crippen molar-refractivity contribution in [2.45, 2.75) is 47.2 Å². The molecular formula is C24H31ClN2O3. The van der Waals surface area contributed by atoms with E-state index < -0.39 is 6.04 Å². The molecule has 30 heavy (non-hydrogen) atoms. The van der Waals surface area contributed by atoms with Crippen LogP contribution in [0.1, 0.15) is 37.5 Å². The molecule has 0 aliphatic rings. The third kappa shape index (κ3) is 6.77. The maximum Gasteiger partial charge on any atom is 0.261 e. The van der Waals surface area contributed by atoms with Gasteiger partial charge in [-0.25, -0.2) is 0 Å². The highest BCUT2D eigenvalue weighted by molar-refractivity contribution is 6.31. The number of hydrogen-bond acceptors (Lipinski definition) is 3. The van der Waals surface area contributed by atoms with Crippen molar-refractivity contribution in [3.63, 3.8) is 0 Å². The number of aryl methyl sites for hydroxylation is 2. The van der Waals surface area contributed by atoms with E-state index in [9.17, 15) is 9.59 Å². The molecule has 2 rings (SSSR count). The average molecular weight is 431 g/mol. The minimum Gasteiger partial charge on any atom is -0.483 e. The maximum absolute atomic E-state index is 13.1. The lowest BCUT2D eigenvalue weighted by atomic mass is 10.1. The number of ether oxygens (including phenoxy) is 1. The Bertz CT molecular complexity index is 883. The standard InChI is InChI=1S/C24H31ClN2O3/c1-16(2)13-26-24(29)19(5)27(14-20-8-6-7-9-21(20)25)23(28)15-30-22-11-10-17(3)12-18(22)4/h6-12,16,19H,13-15H2,1-5H3,(H,26,29)/t19-/m1/s1. The van der Waals surface area contributed by atoms with Crippen LogP contribution in [-0.4, -0.2) is 35.9 Å². The Kier molecular flexibility index (Phi) is 8.72. The van der Waals surface area contributed by atoms with E-state index in [1.165, 1.54) is 4.90 Å². The summed E-state index contributed by atoms with van der Waals surface area (Å²) in [6.45, 7) is 10.3. The van der Waals surface area contributed by atoms with E-state index >= 15 is 0 Å². The highest BCUT2D eigenvalue weighted by atomic mass is 35.5. The molecule has 2 aromatic carbocycles. The van der Waals surface area contributed by atoms with Crippen LogP contribution in [0.5, 0.6) is 5.75 Å². The first-order valence-electron chi connectivity index (χ1n) is 10.2. The van der Waals surface area contributed by atoms with Crippen molar-refractivity contribution in [2.24, 2.45) is 5.92 Å². The van der Waals surface area contributed by atoms with Gasteiger partial charge >= 0.3 is 0 Å². The van der Waals surface area contributed by atoms with Gasteiger partial charge in [-0.15, -0.1) is 0 Å². The molecule has 1 atom stereocenters. The van der Waals surface area contributed by atoms with E-state index in [1.807, 2.05) is 64.1 Å². The summed E-state index contributed by atoms with van der Waals surface area (Å²) >= 11 is 6.30.